The fourth-order valence-corrected chi connectivity index (χ4v) is 4.67. The highest BCUT2D eigenvalue weighted by molar-refractivity contribution is 7.12. The third-order valence-corrected chi connectivity index (χ3v) is 6.21. The highest BCUT2D eigenvalue weighted by Gasteiger charge is 2.38. The van der Waals surface area contributed by atoms with Crippen molar-refractivity contribution in [2.75, 3.05) is 19.6 Å². The molecule has 2 aromatic heterocycles. The van der Waals surface area contributed by atoms with Crippen LogP contribution >= 0.6 is 11.3 Å². The van der Waals surface area contributed by atoms with Gasteiger partial charge in [-0.1, -0.05) is 6.07 Å². The number of carbonyl (C=O) groups excluding carboxylic acids is 2. The van der Waals surface area contributed by atoms with Crippen molar-refractivity contribution in [1.29, 1.82) is 0 Å². The Labute approximate surface area is 151 Å². The average molecular weight is 357 g/mol. The molecule has 2 fully saturated rings. The highest BCUT2D eigenvalue weighted by Crippen LogP contribution is 2.27. The lowest BCUT2D eigenvalue weighted by Gasteiger charge is -2.36. The molecular weight excluding hydrogens is 334 g/mol. The molecule has 0 bridgehead atoms. The number of rotatable bonds is 3. The predicted molar refractivity (Wildman–Crippen MR) is 97.7 cm³/mol. The van der Waals surface area contributed by atoms with Crippen LogP contribution < -0.4 is 0 Å². The molecule has 2 saturated heterocycles. The van der Waals surface area contributed by atoms with Gasteiger partial charge in [0.1, 0.15) is 6.04 Å². The molecule has 2 aromatic rings. The maximum Gasteiger partial charge on any atom is 0.264 e. The normalized spacial score (nSPS) is 21.7. The quantitative estimate of drug-likeness (QED) is 0.848. The van der Waals surface area contributed by atoms with Crippen LogP contribution in [-0.2, 0) is 4.79 Å². The summed E-state index contributed by atoms with van der Waals surface area (Å²) in [6.45, 7) is 2.24. The zero-order valence-electron chi connectivity index (χ0n) is 14.2. The third kappa shape index (κ3) is 3.23. The van der Waals surface area contributed by atoms with E-state index in [4.69, 9.17) is 0 Å². The summed E-state index contributed by atoms with van der Waals surface area (Å²) in [4.78, 5) is 30.2. The number of carbonyl (C=O) groups is 2. The van der Waals surface area contributed by atoms with Crippen LogP contribution in [0.15, 0.2) is 42.0 Å². The molecule has 0 N–H and O–H groups in total. The first kappa shape index (κ1) is 16.4. The first-order valence-corrected chi connectivity index (χ1v) is 9.88. The van der Waals surface area contributed by atoms with E-state index < -0.39 is 0 Å². The lowest BCUT2D eigenvalue weighted by Crippen LogP contribution is -2.50. The summed E-state index contributed by atoms with van der Waals surface area (Å²) in [5, 5.41) is 1.91. The van der Waals surface area contributed by atoms with Gasteiger partial charge in [0.2, 0.25) is 5.91 Å². The minimum absolute atomic E-state index is 0.00748. The van der Waals surface area contributed by atoms with Crippen LogP contribution in [0.25, 0.3) is 0 Å². The van der Waals surface area contributed by atoms with Gasteiger partial charge in [0.15, 0.2) is 0 Å². The lowest BCUT2D eigenvalue weighted by atomic mass is 10.0. The maximum absolute atomic E-state index is 13.0. The van der Waals surface area contributed by atoms with Crippen LogP contribution in [0.3, 0.4) is 0 Å². The van der Waals surface area contributed by atoms with E-state index in [2.05, 4.69) is 17.0 Å². The molecule has 0 saturated carbocycles. The van der Waals surface area contributed by atoms with Gasteiger partial charge in [-0.3, -0.25) is 9.59 Å². The SMILES string of the molecule is O=C([C@@H]1CCCN1C(=O)c1cccs1)N1CCC(n2cccc2)CC1. The molecule has 0 radical (unpaired) electrons. The second-order valence-electron chi connectivity index (χ2n) is 6.82. The zero-order chi connectivity index (χ0) is 17.2. The molecule has 0 spiro atoms. The molecule has 5 nitrogen and oxygen atoms in total. The Morgan fingerprint density at radius 3 is 2.44 bits per heavy atom. The number of aromatic nitrogens is 1. The van der Waals surface area contributed by atoms with E-state index in [0.717, 1.165) is 43.6 Å². The van der Waals surface area contributed by atoms with E-state index in [0.29, 0.717) is 12.6 Å². The van der Waals surface area contributed by atoms with Gasteiger partial charge in [-0.2, -0.15) is 0 Å². The smallest absolute Gasteiger partial charge is 0.264 e. The number of nitrogens with zero attached hydrogens (tertiary/aromatic N) is 3. The Balaban J connectivity index is 1.40. The van der Waals surface area contributed by atoms with Gasteiger partial charge in [-0.15, -0.1) is 11.3 Å². The van der Waals surface area contributed by atoms with E-state index in [-0.39, 0.29) is 17.9 Å². The van der Waals surface area contributed by atoms with Crippen LogP contribution in [0.2, 0.25) is 0 Å². The molecule has 0 aliphatic carbocycles. The largest absolute Gasteiger partial charge is 0.351 e. The van der Waals surface area contributed by atoms with E-state index in [9.17, 15) is 9.59 Å². The standard InChI is InChI=1S/C19H23N3O2S/c23-18(21-12-7-15(8-13-21)20-9-1-2-10-20)16-5-3-11-22(16)19(24)17-6-4-14-25-17/h1-2,4,6,9-10,14-16H,3,5,7-8,11-13H2/t16-/m0/s1. The average Bonchev–Trinajstić information content (AvgIpc) is 3.43. The monoisotopic (exact) mass is 357 g/mol. The molecule has 1 atom stereocenters. The first-order valence-electron chi connectivity index (χ1n) is 9.00. The molecule has 2 amide bonds. The summed E-state index contributed by atoms with van der Waals surface area (Å²) >= 11 is 1.45. The molecule has 4 heterocycles. The molecule has 0 aromatic carbocycles. The minimum Gasteiger partial charge on any atom is -0.351 e. The van der Waals surface area contributed by atoms with Gasteiger partial charge >= 0.3 is 0 Å². The number of piperidine rings is 1. The van der Waals surface area contributed by atoms with Crippen LogP contribution in [-0.4, -0.2) is 51.9 Å². The van der Waals surface area contributed by atoms with Crippen LogP contribution in [0, 0.1) is 0 Å². The van der Waals surface area contributed by atoms with Crippen LogP contribution in [0.1, 0.15) is 41.4 Å². The van der Waals surface area contributed by atoms with Crippen molar-refractivity contribution in [3.05, 3.63) is 46.9 Å². The number of amides is 2. The summed E-state index contributed by atoms with van der Waals surface area (Å²) < 4.78 is 2.24. The first-order chi connectivity index (χ1) is 12.2. The topological polar surface area (TPSA) is 45.6 Å². The Morgan fingerprint density at radius 2 is 1.76 bits per heavy atom. The van der Waals surface area contributed by atoms with E-state index in [1.165, 1.54) is 11.3 Å². The van der Waals surface area contributed by atoms with Gasteiger partial charge in [0, 0.05) is 38.1 Å². The van der Waals surface area contributed by atoms with Crippen LogP contribution in [0.4, 0.5) is 0 Å². The Hall–Kier alpha value is -2.08. The van der Waals surface area contributed by atoms with Gasteiger partial charge in [-0.25, -0.2) is 0 Å². The summed E-state index contributed by atoms with van der Waals surface area (Å²) in [6, 6.07) is 8.02. The summed E-state index contributed by atoms with van der Waals surface area (Å²) in [7, 11) is 0. The molecule has 6 heteroatoms. The number of hydrogen-bond donors (Lipinski definition) is 0. The molecule has 0 unspecified atom stereocenters. The molecule has 2 aliphatic rings. The second-order valence-corrected chi connectivity index (χ2v) is 7.77. The predicted octanol–water partition coefficient (Wildman–Crippen LogP) is 3.02. The summed E-state index contributed by atoms with van der Waals surface area (Å²) in [6.07, 6.45) is 7.85. The Morgan fingerprint density at radius 1 is 1.00 bits per heavy atom. The molecular formula is C19H23N3O2S. The van der Waals surface area contributed by atoms with E-state index in [1.54, 1.807) is 4.90 Å². The zero-order valence-corrected chi connectivity index (χ0v) is 15.0. The Kier molecular flexibility index (Phi) is 4.61. The molecule has 4 rings (SSSR count). The lowest BCUT2D eigenvalue weighted by molar-refractivity contribution is -0.136. The fourth-order valence-electron chi connectivity index (χ4n) is 3.99. The van der Waals surface area contributed by atoms with Crippen LogP contribution in [0.5, 0.6) is 0 Å². The number of likely N-dealkylation sites (tertiary alicyclic amines) is 2. The third-order valence-electron chi connectivity index (χ3n) is 5.36. The summed E-state index contributed by atoms with van der Waals surface area (Å²) in [5.74, 6) is 0.140. The highest BCUT2D eigenvalue weighted by atomic mass is 32.1. The number of hydrogen-bond acceptors (Lipinski definition) is 3. The van der Waals surface area contributed by atoms with Crippen molar-refractivity contribution >= 4 is 23.2 Å². The van der Waals surface area contributed by atoms with Crippen molar-refractivity contribution in [1.82, 2.24) is 14.4 Å². The minimum atomic E-state index is -0.280. The van der Waals surface area contributed by atoms with Gasteiger partial charge < -0.3 is 14.4 Å². The van der Waals surface area contributed by atoms with Gasteiger partial charge in [0.05, 0.1) is 4.88 Å². The van der Waals surface area contributed by atoms with Crippen molar-refractivity contribution < 1.29 is 9.59 Å². The van der Waals surface area contributed by atoms with Crippen molar-refractivity contribution in [2.24, 2.45) is 0 Å². The van der Waals surface area contributed by atoms with E-state index in [1.807, 2.05) is 34.5 Å². The van der Waals surface area contributed by atoms with Gasteiger partial charge in [-0.05, 0) is 49.3 Å². The number of thiophene rings is 1. The molecule has 25 heavy (non-hydrogen) atoms. The Bertz CT molecular complexity index is 718. The molecule has 2 aliphatic heterocycles. The van der Waals surface area contributed by atoms with Gasteiger partial charge in [0.25, 0.3) is 5.91 Å². The summed E-state index contributed by atoms with van der Waals surface area (Å²) in [5.41, 5.74) is 0. The maximum atomic E-state index is 13.0. The van der Waals surface area contributed by atoms with Crippen molar-refractivity contribution in [2.45, 2.75) is 37.8 Å². The van der Waals surface area contributed by atoms with Crippen molar-refractivity contribution in [3.63, 3.8) is 0 Å². The van der Waals surface area contributed by atoms with E-state index >= 15 is 0 Å². The fraction of sp³-hybridized carbons (Fsp3) is 0.474. The second kappa shape index (κ2) is 7.04. The molecule has 132 valence electrons. The van der Waals surface area contributed by atoms with Crippen molar-refractivity contribution in [3.8, 4) is 0 Å².